The molecule has 0 radical (unpaired) electrons. The van der Waals surface area contributed by atoms with Gasteiger partial charge in [-0.1, -0.05) is 32.0 Å². The van der Waals surface area contributed by atoms with E-state index in [4.69, 9.17) is 0 Å². The summed E-state index contributed by atoms with van der Waals surface area (Å²) < 4.78 is 0. The summed E-state index contributed by atoms with van der Waals surface area (Å²) in [6.07, 6.45) is 0. The predicted octanol–water partition coefficient (Wildman–Crippen LogP) is 1.35. The highest BCUT2D eigenvalue weighted by atomic mass is 16.2. The molecule has 1 aliphatic rings. The summed E-state index contributed by atoms with van der Waals surface area (Å²) in [6, 6.07) is 6.85. The van der Waals surface area contributed by atoms with E-state index in [1.807, 2.05) is 38.1 Å². The molecular weight excluding hydrogens is 218 g/mol. The molecule has 0 fully saturated rings. The third kappa shape index (κ3) is 3.04. The fraction of sp³-hybridized carbons (Fsp3) is 0.333. The molecule has 1 aromatic carbocycles. The number of para-hydroxylation sites is 1. The van der Waals surface area contributed by atoms with Crippen molar-refractivity contribution >= 4 is 17.5 Å². The van der Waals surface area contributed by atoms with E-state index in [1.54, 1.807) is 0 Å². The Bertz CT molecular complexity index is 418. The SMILES string of the molecule is CC.CC(=O)NNC1C(=O)Nc2ccccc21. The summed E-state index contributed by atoms with van der Waals surface area (Å²) in [4.78, 5) is 22.2. The van der Waals surface area contributed by atoms with Crippen molar-refractivity contribution < 1.29 is 9.59 Å². The first-order chi connectivity index (χ1) is 8.18. The maximum absolute atomic E-state index is 11.5. The van der Waals surface area contributed by atoms with Gasteiger partial charge in [0.05, 0.1) is 0 Å². The van der Waals surface area contributed by atoms with Crippen molar-refractivity contribution in [3.05, 3.63) is 29.8 Å². The van der Waals surface area contributed by atoms with E-state index in [9.17, 15) is 9.59 Å². The Kier molecular flexibility index (Phi) is 4.66. The van der Waals surface area contributed by atoms with Crippen LogP contribution < -0.4 is 16.2 Å². The summed E-state index contributed by atoms with van der Waals surface area (Å²) in [5.41, 5.74) is 6.71. The third-order valence-corrected chi connectivity index (χ3v) is 2.18. The normalized spacial score (nSPS) is 16.4. The van der Waals surface area contributed by atoms with Gasteiger partial charge in [0.1, 0.15) is 6.04 Å². The van der Waals surface area contributed by atoms with Crippen LogP contribution in [-0.4, -0.2) is 11.8 Å². The van der Waals surface area contributed by atoms with E-state index in [0.717, 1.165) is 11.3 Å². The standard InChI is InChI=1S/C10H11N3O2.C2H6/c1-6(14)12-13-9-7-4-2-3-5-8(7)11-10(9)15;1-2/h2-5,9,13H,1H3,(H,11,15)(H,12,14);1-2H3. The van der Waals surface area contributed by atoms with E-state index in [1.165, 1.54) is 6.92 Å². The van der Waals surface area contributed by atoms with Crippen LogP contribution in [0.1, 0.15) is 32.4 Å². The number of carbonyl (C=O) groups is 2. The maximum Gasteiger partial charge on any atom is 0.247 e. The van der Waals surface area contributed by atoms with Crippen LogP contribution in [0, 0.1) is 0 Å². The van der Waals surface area contributed by atoms with E-state index in [-0.39, 0.29) is 11.8 Å². The van der Waals surface area contributed by atoms with Crippen LogP contribution in [0.5, 0.6) is 0 Å². The van der Waals surface area contributed by atoms with Crippen LogP contribution in [-0.2, 0) is 9.59 Å². The monoisotopic (exact) mass is 235 g/mol. The zero-order valence-corrected chi connectivity index (χ0v) is 10.2. The second-order valence-electron chi connectivity index (χ2n) is 3.34. The number of hydrazine groups is 1. The molecule has 0 saturated carbocycles. The second-order valence-corrected chi connectivity index (χ2v) is 3.34. The van der Waals surface area contributed by atoms with Gasteiger partial charge < -0.3 is 5.32 Å². The fourth-order valence-electron chi connectivity index (χ4n) is 1.53. The van der Waals surface area contributed by atoms with Crippen molar-refractivity contribution in [1.82, 2.24) is 10.9 Å². The van der Waals surface area contributed by atoms with Crippen LogP contribution in [0.15, 0.2) is 24.3 Å². The number of fused-ring (bicyclic) bond motifs is 1. The van der Waals surface area contributed by atoms with E-state index in [2.05, 4.69) is 16.2 Å². The Morgan fingerprint density at radius 2 is 1.94 bits per heavy atom. The summed E-state index contributed by atoms with van der Waals surface area (Å²) in [7, 11) is 0. The van der Waals surface area contributed by atoms with Crippen LogP contribution in [0.4, 0.5) is 5.69 Å². The minimum atomic E-state index is -0.509. The van der Waals surface area contributed by atoms with E-state index >= 15 is 0 Å². The minimum absolute atomic E-state index is 0.162. The molecule has 0 aromatic heterocycles. The second kappa shape index (κ2) is 6.00. The van der Waals surface area contributed by atoms with Crippen LogP contribution in [0.3, 0.4) is 0 Å². The molecule has 3 N–H and O–H groups in total. The lowest BCUT2D eigenvalue weighted by Crippen LogP contribution is -2.41. The molecule has 0 saturated heterocycles. The molecule has 0 bridgehead atoms. The average molecular weight is 235 g/mol. The Morgan fingerprint density at radius 3 is 2.59 bits per heavy atom. The van der Waals surface area contributed by atoms with Crippen molar-refractivity contribution in [2.45, 2.75) is 26.8 Å². The molecule has 2 rings (SSSR count). The number of anilines is 1. The molecule has 0 spiro atoms. The smallest absolute Gasteiger partial charge is 0.247 e. The molecule has 1 aromatic rings. The van der Waals surface area contributed by atoms with Gasteiger partial charge in [0.15, 0.2) is 0 Å². The highest BCUT2D eigenvalue weighted by Gasteiger charge is 2.29. The summed E-state index contributed by atoms with van der Waals surface area (Å²) in [5, 5.41) is 2.72. The Labute approximate surface area is 101 Å². The molecule has 1 unspecified atom stereocenters. The Hall–Kier alpha value is -1.88. The first-order valence-electron chi connectivity index (χ1n) is 5.60. The van der Waals surface area contributed by atoms with Crippen LogP contribution >= 0.6 is 0 Å². The van der Waals surface area contributed by atoms with E-state index < -0.39 is 6.04 Å². The van der Waals surface area contributed by atoms with Gasteiger partial charge in [0.2, 0.25) is 11.8 Å². The number of carbonyl (C=O) groups excluding carboxylic acids is 2. The average Bonchev–Trinajstić information content (AvgIpc) is 2.65. The van der Waals surface area contributed by atoms with Crippen molar-refractivity contribution in [3.63, 3.8) is 0 Å². The van der Waals surface area contributed by atoms with Gasteiger partial charge in [0.25, 0.3) is 0 Å². The van der Waals surface area contributed by atoms with Gasteiger partial charge in [-0.25, -0.2) is 5.43 Å². The molecule has 5 nitrogen and oxygen atoms in total. The number of amides is 2. The molecule has 0 aliphatic carbocycles. The Balaban J connectivity index is 0.000000686. The lowest BCUT2D eigenvalue weighted by Gasteiger charge is -2.10. The van der Waals surface area contributed by atoms with Crippen molar-refractivity contribution in [1.29, 1.82) is 0 Å². The zero-order chi connectivity index (χ0) is 12.8. The number of rotatable bonds is 2. The molecular formula is C12H17N3O2. The first kappa shape index (κ1) is 13.2. The van der Waals surface area contributed by atoms with Gasteiger partial charge in [0, 0.05) is 18.2 Å². The van der Waals surface area contributed by atoms with Crippen molar-refractivity contribution in [2.24, 2.45) is 0 Å². The van der Waals surface area contributed by atoms with E-state index in [0.29, 0.717) is 0 Å². The zero-order valence-electron chi connectivity index (χ0n) is 10.2. The molecule has 92 valence electrons. The Morgan fingerprint density at radius 1 is 1.29 bits per heavy atom. The number of hydrogen-bond acceptors (Lipinski definition) is 3. The van der Waals surface area contributed by atoms with Gasteiger partial charge in [-0.15, -0.1) is 0 Å². The number of benzene rings is 1. The largest absolute Gasteiger partial charge is 0.324 e. The summed E-state index contributed by atoms with van der Waals surface area (Å²) in [6.45, 7) is 5.38. The number of nitrogens with one attached hydrogen (secondary N) is 3. The van der Waals surface area contributed by atoms with Crippen LogP contribution in [0.25, 0.3) is 0 Å². The first-order valence-corrected chi connectivity index (χ1v) is 5.60. The highest BCUT2D eigenvalue weighted by molar-refractivity contribution is 6.02. The molecule has 1 heterocycles. The maximum atomic E-state index is 11.5. The quantitative estimate of drug-likeness (QED) is 0.678. The number of hydrogen-bond donors (Lipinski definition) is 3. The third-order valence-electron chi connectivity index (χ3n) is 2.18. The van der Waals surface area contributed by atoms with Gasteiger partial charge in [-0.3, -0.25) is 15.0 Å². The molecule has 2 amide bonds. The fourth-order valence-corrected chi connectivity index (χ4v) is 1.53. The van der Waals surface area contributed by atoms with Crippen LogP contribution in [0.2, 0.25) is 0 Å². The molecule has 5 heteroatoms. The van der Waals surface area contributed by atoms with Gasteiger partial charge >= 0.3 is 0 Å². The van der Waals surface area contributed by atoms with Crippen molar-refractivity contribution in [2.75, 3.05) is 5.32 Å². The van der Waals surface area contributed by atoms with Gasteiger partial charge in [-0.2, -0.15) is 0 Å². The van der Waals surface area contributed by atoms with Gasteiger partial charge in [-0.05, 0) is 6.07 Å². The molecule has 1 aliphatic heterocycles. The molecule has 1 atom stereocenters. The lowest BCUT2D eigenvalue weighted by molar-refractivity contribution is -0.121. The topological polar surface area (TPSA) is 70.2 Å². The minimum Gasteiger partial charge on any atom is -0.324 e. The summed E-state index contributed by atoms with van der Waals surface area (Å²) in [5.74, 6) is -0.392. The van der Waals surface area contributed by atoms with Crippen molar-refractivity contribution in [3.8, 4) is 0 Å². The predicted molar refractivity (Wildman–Crippen MR) is 66.1 cm³/mol. The summed E-state index contributed by atoms with van der Waals surface area (Å²) >= 11 is 0. The molecule has 17 heavy (non-hydrogen) atoms. The lowest BCUT2D eigenvalue weighted by atomic mass is 10.1. The highest BCUT2D eigenvalue weighted by Crippen LogP contribution is 2.29.